The maximum atomic E-state index is 12.3. The van der Waals surface area contributed by atoms with Crippen LogP contribution in [0.15, 0.2) is 28.7 Å². The molecule has 0 unspecified atom stereocenters. The number of carbonyl (C=O) groups excluding carboxylic acids is 1. The molecule has 4 rings (SSSR count). The number of thiophene rings is 1. The van der Waals surface area contributed by atoms with Crippen LogP contribution in [0.1, 0.15) is 34.4 Å². The molecule has 1 aliphatic rings. The van der Waals surface area contributed by atoms with Gasteiger partial charge in [0.05, 0.1) is 5.75 Å². The summed E-state index contributed by atoms with van der Waals surface area (Å²) in [6.45, 7) is 4.11. The van der Waals surface area contributed by atoms with Gasteiger partial charge in [0, 0.05) is 28.6 Å². The molecule has 0 aliphatic heterocycles. The van der Waals surface area contributed by atoms with Gasteiger partial charge in [-0.15, -0.1) is 21.5 Å². The third-order valence-electron chi connectivity index (χ3n) is 5.26. The molecule has 146 valence electrons. The van der Waals surface area contributed by atoms with Crippen LogP contribution in [-0.2, 0) is 24.7 Å². The maximum absolute atomic E-state index is 12.3. The zero-order valence-electron chi connectivity index (χ0n) is 16.4. The van der Waals surface area contributed by atoms with E-state index in [1.807, 2.05) is 48.1 Å². The molecule has 0 radical (unpaired) electrons. The highest BCUT2D eigenvalue weighted by molar-refractivity contribution is 7.99. The quantitative estimate of drug-likeness (QED) is 0.613. The highest BCUT2D eigenvalue weighted by Crippen LogP contribution is 2.36. The molecule has 1 amide bonds. The summed E-state index contributed by atoms with van der Waals surface area (Å²) in [6, 6.07) is 5.96. The Hall–Kier alpha value is -2.12. The zero-order valence-corrected chi connectivity index (χ0v) is 18.0. The number of aryl methyl sites for hydroxylation is 3. The van der Waals surface area contributed by atoms with Crippen molar-refractivity contribution in [3.05, 3.63) is 45.1 Å². The lowest BCUT2D eigenvalue weighted by molar-refractivity contribution is -0.113. The Labute approximate surface area is 173 Å². The standard InChI is InChI=1S/C21H24N4OS2/c1-13-8-9-15(10-14(13)2)22-19(26)12-28-21-24-23-20(25(21)3)17-11-27-18-7-5-4-6-16(17)18/h8-11H,4-7,12H2,1-3H3,(H,22,26). The molecule has 0 bridgehead atoms. The summed E-state index contributed by atoms with van der Waals surface area (Å²) in [4.78, 5) is 13.8. The smallest absolute Gasteiger partial charge is 0.234 e. The normalized spacial score (nSPS) is 13.4. The average Bonchev–Trinajstić information content (AvgIpc) is 3.26. The van der Waals surface area contributed by atoms with E-state index in [1.54, 1.807) is 0 Å². The number of hydrogen-bond donors (Lipinski definition) is 1. The van der Waals surface area contributed by atoms with Gasteiger partial charge in [-0.3, -0.25) is 4.79 Å². The number of nitrogens with one attached hydrogen (secondary N) is 1. The highest BCUT2D eigenvalue weighted by Gasteiger charge is 2.21. The molecule has 1 aromatic carbocycles. The van der Waals surface area contributed by atoms with Crippen molar-refractivity contribution >= 4 is 34.7 Å². The van der Waals surface area contributed by atoms with Crippen molar-refractivity contribution in [2.45, 2.75) is 44.7 Å². The minimum Gasteiger partial charge on any atom is -0.325 e. The number of nitrogens with zero attached hydrogens (tertiary/aromatic N) is 3. The number of benzene rings is 1. The first-order valence-electron chi connectivity index (χ1n) is 9.52. The summed E-state index contributed by atoms with van der Waals surface area (Å²) in [7, 11) is 1.98. The molecule has 5 nitrogen and oxygen atoms in total. The molecule has 28 heavy (non-hydrogen) atoms. The lowest BCUT2D eigenvalue weighted by Gasteiger charge is -2.12. The van der Waals surface area contributed by atoms with Crippen molar-refractivity contribution in [1.29, 1.82) is 0 Å². The predicted octanol–water partition coefficient (Wildman–Crippen LogP) is 4.77. The Morgan fingerprint density at radius 3 is 2.86 bits per heavy atom. The number of anilines is 1. The Morgan fingerprint density at radius 2 is 2.04 bits per heavy atom. The number of fused-ring (bicyclic) bond motifs is 1. The molecular weight excluding hydrogens is 388 g/mol. The van der Waals surface area contributed by atoms with Gasteiger partial charge in [-0.25, -0.2) is 0 Å². The van der Waals surface area contributed by atoms with Crippen LogP contribution < -0.4 is 5.32 Å². The lowest BCUT2D eigenvalue weighted by Crippen LogP contribution is -2.14. The minimum atomic E-state index is -0.0364. The van der Waals surface area contributed by atoms with E-state index < -0.39 is 0 Å². The van der Waals surface area contributed by atoms with E-state index in [0.29, 0.717) is 5.75 Å². The first kappa shape index (κ1) is 19.2. The molecule has 0 saturated carbocycles. The van der Waals surface area contributed by atoms with Gasteiger partial charge in [0.2, 0.25) is 5.91 Å². The Balaban J connectivity index is 1.43. The van der Waals surface area contributed by atoms with E-state index in [0.717, 1.165) is 23.1 Å². The molecule has 7 heteroatoms. The average molecular weight is 413 g/mol. The fourth-order valence-corrected chi connectivity index (χ4v) is 5.34. The van der Waals surface area contributed by atoms with Crippen LogP contribution >= 0.6 is 23.1 Å². The minimum absolute atomic E-state index is 0.0364. The second-order valence-electron chi connectivity index (χ2n) is 7.26. The fraction of sp³-hybridized carbons (Fsp3) is 0.381. The highest BCUT2D eigenvalue weighted by atomic mass is 32.2. The van der Waals surface area contributed by atoms with E-state index in [2.05, 4.69) is 27.8 Å². The van der Waals surface area contributed by atoms with Gasteiger partial charge in [-0.05, 0) is 68.4 Å². The molecular formula is C21H24N4OS2. The zero-order chi connectivity index (χ0) is 19.7. The van der Waals surface area contributed by atoms with Gasteiger partial charge in [-0.2, -0.15) is 0 Å². The second kappa shape index (κ2) is 8.09. The Morgan fingerprint density at radius 1 is 1.21 bits per heavy atom. The van der Waals surface area contributed by atoms with Crippen LogP contribution in [0, 0.1) is 13.8 Å². The van der Waals surface area contributed by atoms with Crippen molar-refractivity contribution < 1.29 is 4.79 Å². The number of carbonyl (C=O) groups is 1. The van der Waals surface area contributed by atoms with Crippen molar-refractivity contribution in [2.24, 2.45) is 7.05 Å². The largest absolute Gasteiger partial charge is 0.325 e. The third-order valence-corrected chi connectivity index (χ3v) is 7.37. The van der Waals surface area contributed by atoms with Crippen LogP contribution in [0.4, 0.5) is 5.69 Å². The first-order chi connectivity index (χ1) is 13.5. The van der Waals surface area contributed by atoms with Crippen molar-refractivity contribution in [3.8, 4) is 11.4 Å². The van der Waals surface area contributed by atoms with Gasteiger partial charge in [-0.1, -0.05) is 17.8 Å². The Kier molecular flexibility index (Phi) is 5.55. The maximum Gasteiger partial charge on any atom is 0.234 e. The summed E-state index contributed by atoms with van der Waals surface area (Å²) in [5, 5.41) is 14.7. The molecule has 1 N–H and O–H groups in total. The van der Waals surface area contributed by atoms with Crippen molar-refractivity contribution in [2.75, 3.05) is 11.1 Å². The summed E-state index contributed by atoms with van der Waals surface area (Å²) in [6.07, 6.45) is 4.83. The monoisotopic (exact) mass is 412 g/mol. The third kappa shape index (κ3) is 3.86. The van der Waals surface area contributed by atoms with Crippen LogP contribution in [0.3, 0.4) is 0 Å². The van der Waals surface area contributed by atoms with E-state index >= 15 is 0 Å². The summed E-state index contributed by atoms with van der Waals surface area (Å²) in [5.41, 5.74) is 5.87. The second-order valence-corrected chi connectivity index (χ2v) is 9.17. The van der Waals surface area contributed by atoms with Crippen LogP contribution in [-0.4, -0.2) is 26.4 Å². The topological polar surface area (TPSA) is 59.8 Å². The molecule has 1 aliphatic carbocycles. The van der Waals surface area contributed by atoms with E-state index in [9.17, 15) is 4.79 Å². The summed E-state index contributed by atoms with van der Waals surface area (Å²) in [5.74, 6) is 1.17. The van der Waals surface area contributed by atoms with Gasteiger partial charge in [0.15, 0.2) is 11.0 Å². The Bertz CT molecular complexity index is 1020. The van der Waals surface area contributed by atoms with Crippen LogP contribution in [0.2, 0.25) is 0 Å². The number of amides is 1. The van der Waals surface area contributed by atoms with Crippen LogP contribution in [0.25, 0.3) is 11.4 Å². The lowest BCUT2D eigenvalue weighted by atomic mass is 9.96. The molecule has 0 atom stereocenters. The number of hydrogen-bond acceptors (Lipinski definition) is 5. The molecule has 2 heterocycles. The number of thioether (sulfide) groups is 1. The molecule has 3 aromatic rings. The number of rotatable bonds is 5. The van der Waals surface area contributed by atoms with E-state index in [1.165, 1.54) is 58.2 Å². The predicted molar refractivity (Wildman–Crippen MR) is 116 cm³/mol. The van der Waals surface area contributed by atoms with Crippen molar-refractivity contribution in [3.63, 3.8) is 0 Å². The van der Waals surface area contributed by atoms with Crippen LogP contribution in [0.5, 0.6) is 0 Å². The van der Waals surface area contributed by atoms with E-state index in [-0.39, 0.29) is 5.91 Å². The number of aromatic nitrogens is 3. The van der Waals surface area contributed by atoms with E-state index in [4.69, 9.17) is 0 Å². The van der Waals surface area contributed by atoms with Gasteiger partial charge < -0.3 is 9.88 Å². The van der Waals surface area contributed by atoms with Gasteiger partial charge in [0.25, 0.3) is 0 Å². The molecule has 2 aromatic heterocycles. The molecule has 0 saturated heterocycles. The van der Waals surface area contributed by atoms with Gasteiger partial charge >= 0.3 is 0 Å². The SMILES string of the molecule is Cc1ccc(NC(=O)CSc2nnc(-c3csc4c3CCCC4)n2C)cc1C. The van der Waals surface area contributed by atoms with Gasteiger partial charge in [0.1, 0.15) is 0 Å². The summed E-state index contributed by atoms with van der Waals surface area (Å²) >= 11 is 3.25. The van der Waals surface area contributed by atoms with Crippen molar-refractivity contribution in [1.82, 2.24) is 14.8 Å². The molecule has 0 fully saturated rings. The first-order valence-corrected chi connectivity index (χ1v) is 11.4. The fourth-order valence-electron chi connectivity index (χ4n) is 3.50. The molecule has 0 spiro atoms. The summed E-state index contributed by atoms with van der Waals surface area (Å²) < 4.78 is 2.00.